The van der Waals surface area contributed by atoms with Crippen molar-refractivity contribution in [2.24, 2.45) is 11.8 Å². The molecule has 0 radical (unpaired) electrons. The highest BCUT2D eigenvalue weighted by atomic mass is 28.3. The van der Waals surface area contributed by atoms with E-state index in [1.807, 2.05) is 0 Å². The normalized spacial score (nSPS) is 24.6. The molecule has 0 amide bonds. The molecular weight excluding hydrogens is 416 g/mol. The largest absolute Gasteiger partial charge is 0.488 e. The molecule has 4 rings (SSSR count). The molecule has 1 saturated carbocycles. The third kappa shape index (κ3) is 4.25. The van der Waals surface area contributed by atoms with Crippen molar-refractivity contribution in [1.82, 2.24) is 0 Å². The van der Waals surface area contributed by atoms with Gasteiger partial charge in [0, 0.05) is 0 Å². The van der Waals surface area contributed by atoms with Crippen molar-refractivity contribution >= 4 is 19.3 Å². The second-order valence-corrected chi connectivity index (χ2v) is 16.8. The summed E-state index contributed by atoms with van der Waals surface area (Å²) < 4.78 is 6.84. The summed E-state index contributed by atoms with van der Waals surface area (Å²) in [6, 6.07) is 18.7. The van der Waals surface area contributed by atoms with Gasteiger partial charge in [0.25, 0.3) is 0 Å². The lowest BCUT2D eigenvalue weighted by Gasteiger charge is -2.44. The Morgan fingerprint density at radius 2 is 1.70 bits per heavy atom. The first-order valence-corrected chi connectivity index (χ1v) is 15.7. The van der Waals surface area contributed by atoms with Crippen LogP contribution in [0.4, 0.5) is 0 Å². The average Bonchev–Trinajstić information content (AvgIpc) is 3.12. The van der Waals surface area contributed by atoms with E-state index >= 15 is 0 Å². The van der Waals surface area contributed by atoms with Crippen LogP contribution in [0.25, 0.3) is 6.08 Å². The summed E-state index contributed by atoms with van der Waals surface area (Å²) in [6.07, 6.45) is 6.32. The van der Waals surface area contributed by atoms with Crippen molar-refractivity contribution < 1.29 is 4.74 Å². The molecule has 2 heteroatoms. The first-order valence-electron chi connectivity index (χ1n) is 13.2. The molecule has 0 aromatic heterocycles. The molecule has 2 aliphatic carbocycles. The van der Waals surface area contributed by atoms with Gasteiger partial charge in [-0.3, -0.25) is 0 Å². The molecule has 4 atom stereocenters. The SMILES string of the molecule is CC[Si](CC)(c1cccc(C(C)C)c1OC(C)(C)C)C1C(C)CC2c3ccccc3C=CC21. The van der Waals surface area contributed by atoms with Crippen LogP contribution in [0.2, 0.25) is 17.6 Å². The highest BCUT2D eigenvalue weighted by Gasteiger charge is 2.54. The van der Waals surface area contributed by atoms with Crippen molar-refractivity contribution in [3.63, 3.8) is 0 Å². The molecule has 178 valence electrons. The predicted octanol–water partition coefficient (Wildman–Crippen LogP) is 8.52. The molecule has 0 heterocycles. The Morgan fingerprint density at radius 3 is 2.33 bits per heavy atom. The lowest BCUT2D eigenvalue weighted by molar-refractivity contribution is 0.130. The number of para-hydroxylation sites is 1. The first kappa shape index (κ1) is 24.3. The Balaban J connectivity index is 1.88. The van der Waals surface area contributed by atoms with Gasteiger partial charge in [0.15, 0.2) is 0 Å². The molecule has 0 bridgehead atoms. The van der Waals surface area contributed by atoms with E-state index in [4.69, 9.17) is 4.74 Å². The van der Waals surface area contributed by atoms with E-state index in [0.29, 0.717) is 17.8 Å². The number of fused-ring (bicyclic) bond motifs is 3. The number of hydrogen-bond acceptors (Lipinski definition) is 1. The number of benzene rings is 2. The molecule has 4 unspecified atom stereocenters. The summed E-state index contributed by atoms with van der Waals surface area (Å²) in [4.78, 5) is 0. The van der Waals surface area contributed by atoms with E-state index in [0.717, 1.165) is 11.5 Å². The molecule has 33 heavy (non-hydrogen) atoms. The van der Waals surface area contributed by atoms with Crippen LogP contribution in [0.3, 0.4) is 0 Å². The van der Waals surface area contributed by atoms with Crippen LogP contribution in [0.5, 0.6) is 5.75 Å². The summed E-state index contributed by atoms with van der Waals surface area (Å²) >= 11 is 0. The molecule has 0 spiro atoms. The standard InChI is InChI=1S/C31H44OSi/c1-9-33(10-2,28-17-13-16-24(21(3)4)29(28)32-31(6,7)8)30-22(5)20-27-25-15-12-11-14-23(25)18-19-26(27)30/h11-19,21-22,26-27,30H,9-10,20H2,1-8H3. The van der Waals surface area contributed by atoms with Crippen LogP contribution < -0.4 is 9.92 Å². The predicted molar refractivity (Wildman–Crippen MR) is 146 cm³/mol. The maximum Gasteiger partial charge on any atom is 0.122 e. The van der Waals surface area contributed by atoms with Crippen molar-refractivity contribution in [3.8, 4) is 5.75 Å². The van der Waals surface area contributed by atoms with Gasteiger partial charge < -0.3 is 4.74 Å². The van der Waals surface area contributed by atoms with E-state index in [-0.39, 0.29) is 5.60 Å². The number of hydrogen-bond donors (Lipinski definition) is 0. The van der Waals surface area contributed by atoms with Gasteiger partial charge in [0.05, 0.1) is 8.07 Å². The molecule has 1 fully saturated rings. The molecule has 2 aromatic rings. The van der Waals surface area contributed by atoms with Gasteiger partial charge >= 0.3 is 0 Å². The molecule has 0 aliphatic heterocycles. The monoisotopic (exact) mass is 460 g/mol. The quantitative estimate of drug-likeness (QED) is 0.392. The summed E-state index contributed by atoms with van der Waals surface area (Å²) in [5.74, 6) is 3.71. The number of allylic oxidation sites excluding steroid dienone is 1. The molecule has 0 N–H and O–H groups in total. The number of rotatable bonds is 6. The van der Waals surface area contributed by atoms with Crippen molar-refractivity contribution in [2.45, 2.75) is 96.9 Å². The summed E-state index contributed by atoms with van der Waals surface area (Å²) in [5, 5.41) is 1.58. The van der Waals surface area contributed by atoms with Gasteiger partial charge in [-0.2, -0.15) is 0 Å². The fourth-order valence-electron chi connectivity index (χ4n) is 7.15. The molecular formula is C31H44OSi. The van der Waals surface area contributed by atoms with Gasteiger partial charge in [-0.1, -0.05) is 101 Å². The second-order valence-electron chi connectivity index (χ2n) is 11.9. The molecule has 1 nitrogen and oxygen atoms in total. The van der Waals surface area contributed by atoms with Crippen LogP contribution in [-0.4, -0.2) is 13.7 Å². The van der Waals surface area contributed by atoms with E-state index < -0.39 is 8.07 Å². The molecule has 2 aromatic carbocycles. The highest BCUT2D eigenvalue weighted by Crippen LogP contribution is 2.59. The van der Waals surface area contributed by atoms with Crippen molar-refractivity contribution in [2.75, 3.05) is 0 Å². The van der Waals surface area contributed by atoms with Crippen LogP contribution in [-0.2, 0) is 0 Å². The topological polar surface area (TPSA) is 9.23 Å². The van der Waals surface area contributed by atoms with Crippen LogP contribution >= 0.6 is 0 Å². The second kappa shape index (κ2) is 9.10. The van der Waals surface area contributed by atoms with Crippen LogP contribution in [0.1, 0.15) is 90.3 Å². The Labute approximate surface area is 203 Å². The molecule has 2 aliphatic rings. The maximum atomic E-state index is 6.84. The molecule has 0 saturated heterocycles. The van der Waals surface area contributed by atoms with E-state index in [2.05, 4.69) is 110 Å². The minimum absolute atomic E-state index is 0.200. The summed E-state index contributed by atoms with van der Waals surface area (Å²) in [6.45, 7) is 18.7. The van der Waals surface area contributed by atoms with E-state index in [1.165, 1.54) is 35.4 Å². The van der Waals surface area contributed by atoms with Gasteiger partial charge in [0.1, 0.15) is 11.4 Å². The third-order valence-corrected chi connectivity index (χ3v) is 14.7. The van der Waals surface area contributed by atoms with Gasteiger partial charge in [-0.15, -0.1) is 0 Å². The number of ether oxygens (including phenoxy) is 1. The lowest BCUT2D eigenvalue weighted by Crippen LogP contribution is -2.54. The first-order chi connectivity index (χ1) is 15.6. The lowest BCUT2D eigenvalue weighted by atomic mass is 9.81. The van der Waals surface area contributed by atoms with E-state index in [1.54, 1.807) is 10.8 Å². The highest BCUT2D eigenvalue weighted by molar-refractivity contribution is 6.93. The maximum absolute atomic E-state index is 6.84. The smallest absolute Gasteiger partial charge is 0.122 e. The zero-order valence-electron chi connectivity index (χ0n) is 22.1. The Morgan fingerprint density at radius 1 is 1.00 bits per heavy atom. The average molecular weight is 461 g/mol. The summed E-state index contributed by atoms with van der Waals surface area (Å²) in [7, 11) is -1.88. The van der Waals surface area contributed by atoms with Gasteiger partial charge in [-0.25, -0.2) is 0 Å². The van der Waals surface area contributed by atoms with Crippen molar-refractivity contribution in [1.29, 1.82) is 0 Å². The zero-order chi connectivity index (χ0) is 24.0. The fourth-order valence-corrected chi connectivity index (χ4v) is 13.1. The zero-order valence-corrected chi connectivity index (χ0v) is 23.1. The van der Waals surface area contributed by atoms with Gasteiger partial charge in [0.2, 0.25) is 0 Å². The van der Waals surface area contributed by atoms with Crippen LogP contribution in [0, 0.1) is 11.8 Å². The Hall–Kier alpha value is -1.80. The van der Waals surface area contributed by atoms with Crippen molar-refractivity contribution in [3.05, 3.63) is 65.2 Å². The summed E-state index contributed by atoms with van der Waals surface area (Å²) in [5.41, 5.74) is 4.94. The minimum Gasteiger partial charge on any atom is -0.488 e. The minimum atomic E-state index is -1.88. The Kier molecular flexibility index (Phi) is 6.71. The Bertz CT molecular complexity index is 1010. The fraction of sp³-hybridized carbons (Fsp3) is 0.548. The third-order valence-electron chi connectivity index (χ3n) is 8.52. The van der Waals surface area contributed by atoms with Gasteiger partial charge in [-0.05, 0) is 78.3 Å². The van der Waals surface area contributed by atoms with E-state index in [9.17, 15) is 0 Å². The van der Waals surface area contributed by atoms with Crippen LogP contribution in [0.15, 0.2) is 48.5 Å².